The molecule has 0 aliphatic rings. The third-order valence-corrected chi connectivity index (χ3v) is 2.90. The molecule has 1 heterocycles. The number of rotatable bonds is 7. The Kier molecular flexibility index (Phi) is 5.79. The quantitative estimate of drug-likeness (QED) is 0.531. The second kappa shape index (κ2) is 6.90. The van der Waals surface area contributed by atoms with E-state index in [2.05, 4.69) is 11.9 Å². The molecule has 0 spiro atoms. The lowest BCUT2D eigenvalue weighted by Gasteiger charge is -2.00. The summed E-state index contributed by atoms with van der Waals surface area (Å²) in [4.78, 5) is 4.28. The zero-order chi connectivity index (χ0) is 11.1. The maximum atomic E-state index is 5.44. The molecule has 1 aromatic heterocycles. The number of nitrogens with zero attached hydrogens (tertiary/aromatic N) is 1. The van der Waals surface area contributed by atoms with E-state index >= 15 is 0 Å². The van der Waals surface area contributed by atoms with Crippen LogP contribution in [-0.2, 0) is 4.74 Å². The molecule has 0 fully saturated rings. The van der Waals surface area contributed by atoms with E-state index < -0.39 is 0 Å². The van der Waals surface area contributed by atoms with Gasteiger partial charge in [0.25, 0.3) is 5.22 Å². The molecule has 0 aliphatic heterocycles. The van der Waals surface area contributed by atoms with Gasteiger partial charge in [-0.3, -0.25) is 0 Å². The number of ether oxygens (including phenoxy) is 1. The van der Waals surface area contributed by atoms with Gasteiger partial charge in [-0.1, -0.05) is 25.1 Å². The maximum Gasteiger partial charge on any atom is 0.256 e. The van der Waals surface area contributed by atoms with E-state index in [1.807, 2.05) is 13.8 Å². The average Bonchev–Trinajstić information content (AvgIpc) is 2.52. The van der Waals surface area contributed by atoms with Gasteiger partial charge in [-0.15, -0.1) is 0 Å². The average molecular weight is 229 g/mol. The predicted molar refractivity (Wildman–Crippen MR) is 62.4 cm³/mol. The summed E-state index contributed by atoms with van der Waals surface area (Å²) in [5.41, 5.74) is 0.976. The molecule has 86 valence electrons. The molecule has 0 amide bonds. The summed E-state index contributed by atoms with van der Waals surface area (Å²) >= 11 is 1.61. The molecule has 0 bridgehead atoms. The van der Waals surface area contributed by atoms with Gasteiger partial charge < -0.3 is 9.15 Å². The Morgan fingerprint density at radius 2 is 2.13 bits per heavy atom. The number of hydrogen-bond acceptors (Lipinski definition) is 4. The molecule has 3 nitrogen and oxygen atoms in total. The van der Waals surface area contributed by atoms with Crippen molar-refractivity contribution in [3.63, 3.8) is 0 Å². The molecule has 0 saturated carbocycles. The van der Waals surface area contributed by atoms with E-state index in [1.54, 1.807) is 11.8 Å². The van der Waals surface area contributed by atoms with Crippen molar-refractivity contribution in [3.8, 4) is 0 Å². The van der Waals surface area contributed by atoms with Gasteiger partial charge in [0.05, 0.1) is 12.3 Å². The van der Waals surface area contributed by atoms with Crippen molar-refractivity contribution in [1.82, 2.24) is 4.98 Å². The standard InChI is InChI=1S/C11H19NO2S/c1-4-5-6-13-7-8-15-11-12-9(2)10(3)14-11/h4-8H2,1-3H3. The van der Waals surface area contributed by atoms with E-state index in [1.165, 1.54) is 6.42 Å². The number of hydrogen-bond donors (Lipinski definition) is 0. The van der Waals surface area contributed by atoms with Crippen molar-refractivity contribution < 1.29 is 9.15 Å². The first-order valence-electron chi connectivity index (χ1n) is 5.38. The van der Waals surface area contributed by atoms with Crippen LogP contribution in [0.4, 0.5) is 0 Å². The molecule has 0 aliphatic carbocycles. The summed E-state index contributed by atoms with van der Waals surface area (Å²) in [6, 6.07) is 0. The van der Waals surface area contributed by atoms with Crippen LogP contribution >= 0.6 is 11.8 Å². The van der Waals surface area contributed by atoms with Gasteiger partial charge in [0.15, 0.2) is 0 Å². The number of aromatic nitrogens is 1. The van der Waals surface area contributed by atoms with Crippen LogP contribution in [0.5, 0.6) is 0 Å². The van der Waals surface area contributed by atoms with Crippen molar-refractivity contribution in [2.45, 2.75) is 38.8 Å². The highest BCUT2D eigenvalue weighted by Gasteiger charge is 2.05. The van der Waals surface area contributed by atoms with E-state index in [0.717, 1.165) is 42.1 Å². The SMILES string of the molecule is CCCCOCCSc1nc(C)c(C)o1. The molecule has 0 saturated heterocycles. The van der Waals surface area contributed by atoms with Crippen LogP contribution in [0.3, 0.4) is 0 Å². The van der Waals surface area contributed by atoms with Gasteiger partial charge >= 0.3 is 0 Å². The third kappa shape index (κ3) is 4.71. The molecule has 0 aromatic carbocycles. The summed E-state index contributed by atoms with van der Waals surface area (Å²) < 4.78 is 10.9. The molecule has 0 atom stereocenters. The van der Waals surface area contributed by atoms with Crippen molar-refractivity contribution in [3.05, 3.63) is 11.5 Å². The summed E-state index contributed by atoms with van der Waals surface area (Å²) in [5, 5.41) is 0.754. The second-order valence-electron chi connectivity index (χ2n) is 3.44. The Labute approximate surface area is 95.6 Å². The first kappa shape index (κ1) is 12.6. The number of oxazole rings is 1. The monoisotopic (exact) mass is 229 g/mol. The highest BCUT2D eigenvalue weighted by atomic mass is 32.2. The largest absolute Gasteiger partial charge is 0.437 e. The maximum absolute atomic E-state index is 5.44. The van der Waals surface area contributed by atoms with Crippen molar-refractivity contribution in [2.24, 2.45) is 0 Å². The zero-order valence-corrected chi connectivity index (χ0v) is 10.5. The highest BCUT2D eigenvalue weighted by molar-refractivity contribution is 7.99. The lowest BCUT2D eigenvalue weighted by Crippen LogP contribution is -1.98. The zero-order valence-electron chi connectivity index (χ0n) is 9.71. The summed E-state index contributed by atoms with van der Waals surface area (Å²) in [5.74, 6) is 1.81. The number of thioether (sulfide) groups is 1. The van der Waals surface area contributed by atoms with E-state index in [0.29, 0.717) is 0 Å². The molecule has 1 rings (SSSR count). The normalized spacial score (nSPS) is 10.9. The molecule has 0 unspecified atom stereocenters. The van der Waals surface area contributed by atoms with Crippen LogP contribution in [0.1, 0.15) is 31.2 Å². The number of unbranched alkanes of at least 4 members (excludes halogenated alkanes) is 1. The van der Waals surface area contributed by atoms with Gasteiger partial charge in [0.1, 0.15) is 5.76 Å². The Hall–Kier alpha value is -0.480. The Bertz CT molecular complexity index is 267. The first-order valence-corrected chi connectivity index (χ1v) is 6.37. The third-order valence-electron chi connectivity index (χ3n) is 2.10. The minimum atomic E-state index is 0.754. The molecule has 4 heteroatoms. The fourth-order valence-electron chi connectivity index (χ4n) is 1.04. The van der Waals surface area contributed by atoms with Crippen molar-refractivity contribution >= 4 is 11.8 Å². The van der Waals surface area contributed by atoms with Crippen molar-refractivity contribution in [1.29, 1.82) is 0 Å². The van der Waals surface area contributed by atoms with Crippen LogP contribution in [-0.4, -0.2) is 24.0 Å². The minimum absolute atomic E-state index is 0.754. The van der Waals surface area contributed by atoms with Crippen LogP contribution in [0, 0.1) is 13.8 Å². The van der Waals surface area contributed by atoms with Crippen molar-refractivity contribution in [2.75, 3.05) is 19.0 Å². The van der Waals surface area contributed by atoms with Gasteiger partial charge in [-0.2, -0.15) is 0 Å². The fourth-order valence-corrected chi connectivity index (χ4v) is 1.80. The molecular weight excluding hydrogens is 210 g/mol. The molecule has 0 N–H and O–H groups in total. The smallest absolute Gasteiger partial charge is 0.256 e. The van der Waals surface area contributed by atoms with E-state index in [4.69, 9.17) is 9.15 Å². The highest BCUT2D eigenvalue weighted by Crippen LogP contribution is 2.19. The molecule has 15 heavy (non-hydrogen) atoms. The Morgan fingerprint density at radius 1 is 1.33 bits per heavy atom. The lowest BCUT2D eigenvalue weighted by molar-refractivity contribution is 0.147. The predicted octanol–water partition coefficient (Wildman–Crippen LogP) is 3.20. The Balaban J connectivity index is 2.10. The summed E-state index contributed by atoms with van der Waals surface area (Å²) in [6.45, 7) is 7.69. The topological polar surface area (TPSA) is 35.3 Å². The van der Waals surface area contributed by atoms with Crippen LogP contribution < -0.4 is 0 Å². The van der Waals surface area contributed by atoms with Gasteiger partial charge in [-0.25, -0.2) is 4.98 Å². The van der Waals surface area contributed by atoms with Gasteiger partial charge in [-0.05, 0) is 20.3 Å². The lowest BCUT2D eigenvalue weighted by atomic mass is 10.4. The molecule has 0 radical (unpaired) electrons. The number of aryl methyl sites for hydroxylation is 2. The van der Waals surface area contributed by atoms with Gasteiger partial charge in [0, 0.05) is 12.4 Å². The molecular formula is C11H19NO2S. The minimum Gasteiger partial charge on any atom is -0.437 e. The second-order valence-corrected chi connectivity index (χ2v) is 4.48. The Morgan fingerprint density at radius 3 is 2.73 bits per heavy atom. The van der Waals surface area contributed by atoms with Crippen LogP contribution in [0.2, 0.25) is 0 Å². The molecule has 1 aromatic rings. The van der Waals surface area contributed by atoms with Crippen LogP contribution in [0.15, 0.2) is 9.64 Å². The fraction of sp³-hybridized carbons (Fsp3) is 0.727. The van der Waals surface area contributed by atoms with E-state index in [-0.39, 0.29) is 0 Å². The van der Waals surface area contributed by atoms with E-state index in [9.17, 15) is 0 Å². The summed E-state index contributed by atoms with van der Waals surface area (Å²) in [7, 11) is 0. The van der Waals surface area contributed by atoms with Gasteiger partial charge in [0.2, 0.25) is 0 Å². The summed E-state index contributed by atoms with van der Waals surface area (Å²) in [6.07, 6.45) is 2.33. The first-order chi connectivity index (χ1) is 7.24. The van der Waals surface area contributed by atoms with Crippen LogP contribution in [0.25, 0.3) is 0 Å².